The van der Waals surface area contributed by atoms with Gasteiger partial charge in [-0.25, -0.2) is 9.97 Å². The van der Waals surface area contributed by atoms with Crippen molar-refractivity contribution in [3.63, 3.8) is 0 Å². The van der Waals surface area contributed by atoms with E-state index in [0.29, 0.717) is 12.1 Å². The van der Waals surface area contributed by atoms with Crippen molar-refractivity contribution in [2.45, 2.75) is 38.3 Å². The van der Waals surface area contributed by atoms with Crippen molar-refractivity contribution in [1.29, 1.82) is 0 Å². The van der Waals surface area contributed by atoms with E-state index in [0.717, 1.165) is 17.7 Å². The molecule has 0 bridgehead atoms. The molecule has 21 heavy (non-hydrogen) atoms. The lowest BCUT2D eigenvalue weighted by Crippen LogP contribution is -2.26. The van der Waals surface area contributed by atoms with Crippen LogP contribution < -0.4 is 0 Å². The molecule has 4 rings (SSSR count). The highest BCUT2D eigenvalue weighted by Crippen LogP contribution is 2.37. The lowest BCUT2D eigenvalue weighted by molar-refractivity contribution is 0.254. The summed E-state index contributed by atoms with van der Waals surface area (Å²) in [6.07, 6.45) is 5.67. The molecule has 2 aliphatic rings. The summed E-state index contributed by atoms with van der Waals surface area (Å²) >= 11 is 2.06. The van der Waals surface area contributed by atoms with Crippen LogP contribution in [0.15, 0.2) is 18.3 Å². The van der Waals surface area contributed by atoms with Gasteiger partial charge in [0.1, 0.15) is 11.3 Å². The fourth-order valence-corrected chi connectivity index (χ4v) is 4.96. The van der Waals surface area contributed by atoms with Crippen LogP contribution in [0.1, 0.15) is 44.1 Å². The third-order valence-corrected chi connectivity index (χ3v) is 5.96. The summed E-state index contributed by atoms with van der Waals surface area (Å²) in [6, 6.07) is 5.16. The van der Waals surface area contributed by atoms with E-state index in [1.165, 1.54) is 43.1 Å². The van der Waals surface area contributed by atoms with Crippen molar-refractivity contribution in [2.75, 3.05) is 24.6 Å². The van der Waals surface area contributed by atoms with Gasteiger partial charge < -0.3 is 4.57 Å². The molecule has 2 saturated heterocycles. The number of likely N-dealkylation sites (tertiary alicyclic amines) is 1. The van der Waals surface area contributed by atoms with E-state index in [9.17, 15) is 0 Å². The number of fused-ring (bicyclic) bond motifs is 1. The van der Waals surface area contributed by atoms with Gasteiger partial charge in [-0.3, -0.25) is 4.90 Å². The fourth-order valence-electron chi connectivity index (χ4n) is 3.76. The van der Waals surface area contributed by atoms with E-state index in [1.54, 1.807) is 0 Å². The Hall–Kier alpha value is -1.07. The number of hydrogen-bond acceptors (Lipinski definition) is 4. The van der Waals surface area contributed by atoms with E-state index in [-0.39, 0.29) is 0 Å². The number of imidazole rings is 1. The Labute approximate surface area is 129 Å². The monoisotopic (exact) mass is 302 g/mol. The smallest absolute Gasteiger partial charge is 0.160 e. The fraction of sp³-hybridized carbons (Fsp3) is 0.625. The molecule has 0 amide bonds. The molecular weight excluding hydrogens is 280 g/mol. The molecule has 0 aromatic carbocycles. The van der Waals surface area contributed by atoms with Crippen molar-refractivity contribution in [1.82, 2.24) is 19.4 Å². The van der Waals surface area contributed by atoms with Crippen LogP contribution in [0, 0.1) is 0 Å². The van der Waals surface area contributed by atoms with Gasteiger partial charge in [-0.2, -0.15) is 11.8 Å². The van der Waals surface area contributed by atoms with Crippen molar-refractivity contribution in [3.05, 3.63) is 24.2 Å². The van der Waals surface area contributed by atoms with E-state index in [2.05, 4.69) is 39.2 Å². The number of rotatable bonds is 3. The van der Waals surface area contributed by atoms with Crippen LogP contribution in [0.3, 0.4) is 0 Å². The SMILES string of the molecule is CCN1CCCC1c1nc2cccnc2n1C1CCSC1. The first-order chi connectivity index (χ1) is 10.4. The minimum atomic E-state index is 0.481. The molecule has 0 saturated carbocycles. The second-order valence-electron chi connectivity index (χ2n) is 5.99. The standard InChI is InChI=1S/C16H22N4S/c1-2-19-9-4-6-14(19)16-18-13-5-3-8-17-15(13)20(16)12-7-10-21-11-12/h3,5,8,12,14H,2,4,6-7,9-11H2,1H3. The molecule has 2 fully saturated rings. The Balaban J connectivity index is 1.85. The summed E-state index contributed by atoms with van der Waals surface area (Å²) in [5, 5.41) is 0. The largest absolute Gasteiger partial charge is 0.307 e. The first-order valence-electron chi connectivity index (χ1n) is 8.03. The first kappa shape index (κ1) is 13.6. The zero-order valence-electron chi connectivity index (χ0n) is 12.5. The van der Waals surface area contributed by atoms with Gasteiger partial charge in [0.2, 0.25) is 0 Å². The second kappa shape index (κ2) is 5.61. The summed E-state index contributed by atoms with van der Waals surface area (Å²) in [7, 11) is 0. The molecule has 5 heteroatoms. The second-order valence-corrected chi connectivity index (χ2v) is 7.14. The van der Waals surface area contributed by atoms with E-state index in [4.69, 9.17) is 4.98 Å². The summed E-state index contributed by atoms with van der Waals surface area (Å²) in [4.78, 5) is 12.2. The van der Waals surface area contributed by atoms with Gasteiger partial charge in [0.05, 0.1) is 6.04 Å². The third-order valence-electron chi connectivity index (χ3n) is 4.81. The lowest BCUT2D eigenvalue weighted by atomic mass is 10.2. The number of hydrogen-bond donors (Lipinski definition) is 0. The van der Waals surface area contributed by atoms with E-state index >= 15 is 0 Å². The normalized spacial score (nSPS) is 26.9. The first-order valence-corrected chi connectivity index (χ1v) is 9.18. The van der Waals surface area contributed by atoms with Gasteiger partial charge in [-0.1, -0.05) is 6.92 Å². The lowest BCUT2D eigenvalue weighted by Gasteiger charge is -2.25. The zero-order valence-corrected chi connectivity index (χ0v) is 13.4. The highest BCUT2D eigenvalue weighted by molar-refractivity contribution is 7.99. The maximum Gasteiger partial charge on any atom is 0.160 e. The molecule has 4 nitrogen and oxygen atoms in total. The highest BCUT2D eigenvalue weighted by atomic mass is 32.2. The Morgan fingerprint density at radius 2 is 2.33 bits per heavy atom. The van der Waals surface area contributed by atoms with Gasteiger partial charge in [0.15, 0.2) is 5.65 Å². The van der Waals surface area contributed by atoms with Crippen LogP contribution in [-0.4, -0.2) is 44.0 Å². The Bertz CT molecular complexity index is 632. The minimum Gasteiger partial charge on any atom is -0.307 e. The van der Waals surface area contributed by atoms with Crippen LogP contribution in [0.25, 0.3) is 11.2 Å². The molecule has 2 atom stereocenters. The number of nitrogens with zero attached hydrogens (tertiary/aromatic N) is 4. The quantitative estimate of drug-likeness (QED) is 0.871. The van der Waals surface area contributed by atoms with Crippen molar-refractivity contribution in [3.8, 4) is 0 Å². The summed E-state index contributed by atoms with van der Waals surface area (Å²) in [5.41, 5.74) is 2.15. The Kier molecular flexibility index (Phi) is 3.63. The molecule has 2 aliphatic heterocycles. The van der Waals surface area contributed by atoms with Crippen molar-refractivity contribution >= 4 is 22.9 Å². The van der Waals surface area contributed by atoms with Crippen molar-refractivity contribution in [2.24, 2.45) is 0 Å². The summed E-state index contributed by atoms with van der Waals surface area (Å²) in [5.74, 6) is 3.72. The molecule has 112 valence electrons. The van der Waals surface area contributed by atoms with Crippen LogP contribution in [-0.2, 0) is 0 Å². The van der Waals surface area contributed by atoms with Gasteiger partial charge in [0.25, 0.3) is 0 Å². The number of pyridine rings is 1. The van der Waals surface area contributed by atoms with Gasteiger partial charge in [0, 0.05) is 18.0 Å². The van der Waals surface area contributed by atoms with Crippen molar-refractivity contribution < 1.29 is 0 Å². The molecular formula is C16H22N4S. The van der Waals surface area contributed by atoms with Crippen LogP contribution in [0.5, 0.6) is 0 Å². The number of aromatic nitrogens is 3. The highest BCUT2D eigenvalue weighted by Gasteiger charge is 2.32. The molecule has 2 unspecified atom stereocenters. The van der Waals surface area contributed by atoms with Gasteiger partial charge >= 0.3 is 0 Å². The average Bonchev–Trinajstić information content (AvgIpc) is 3.24. The molecule has 0 aliphatic carbocycles. The molecule has 0 spiro atoms. The maximum absolute atomic E-state index is 4.99. The molecule has 4 heterocycles. The Morgan fingerprint density at radius 1 is 1.38 bits per heavy atom. The van der Waals surface area contributed by atoms with E-state index in [1.807, 2.05) is 12.3 Å². The molecule has 0 radical (unpaired) electrons. The predicted molar refractivity (Wildman–Crippen MR) is 87.7 cm³/mol. The van der Waals surface area contributed by atoms with Crippen LogP contribution in [0.4, 0.5) is 0 Å². The molecule has 0 N–H and O–H groups in total. The topological polar surface area (TPSA) is 34.0 Å². The Morgan fingerprint density at radius 3 is 3.14 bits per heavy atom. The van der Waals surface area contributed by atoms with Gasteiger partial charge in [-0.05, 0) is 50.2 Å². The van der Waals surface area contributed by atoms with Crippen LogP contribution in [0.2, 0.25) is 0 Å². The molecule has 2 aromatic rings. The maximum atomic E-state index is 4.99. The molecule has 2 aromatic heterocycles. The van der Waals surface area contributed by atoms with Crippen LogP contribution >= 0.6 is 11.8 Å². The number of thioether (sulfide) groups is 1. The average molecular weight is 302 g/mol. The summed E-state index contributed by atoms with van der Waals surface area (Å²) in [6.45, 7) is 4.58. The third kappa shape index (κ3) is 2.27. The zero-order chi connectivity index (χ0) is 14.2. The van der Waals surface area contributed by atoms with Gasteiger partial charge in [-0.15, -0.1) is 0 Å². The predicted octanol–water partition coefficient (Wildman–Crippen LogP) is 3.27. The summed E-state index contributed by atoms with van der Waals surface area (Å²) < 4.78 is 2.47. The van der Waals surface area contributed by atoms with E-state index < -0.39 is 0 Å². The minimum absolute atomic E-state index is 0.481.